The molecule has 0 spiro atoms. The molecule has 0 saturated carbocycles. The fourth-order valence-electron chi connectivity index (χ4n) is 4.45. The largest absolute Gasteiger partial charge is 0.447 e. The SMILES string of the molecule is Cc1ccc(ON2P(Oc3ccccc3)N(Oc3ccccc3)P(Oc3ccccc3)N=P2(Oc2ccccc2)Oc2ccccc2)cc1. The van der Waals surface area contributed by atoms with Crippen LogP contribution >= 0.6 is 24.6 Å². The first-order valence-corrected chi connectivity index (χ1v) is 19.3. The minimum Gasteiger partial charge on any atom is -0.440 e. The minimum atomic E-state index is -3.73. The van der Waals surface area contributed by atoms with E-state index in [0.29, 0.717) is 34.5 Å². The molecular formula is C37H32N3O6P3. The Balaban J connectivity index is 1.47. The number of hydrogen-bond donors (Lipinski definition) is 0. The van der Waals surface area contributed by atoms with Gasteiger partial charge < -0.3 is 27.8 Å². The summed E-state index contributed by atoms with van der Waals surface area (Å²) in [4.78, 5) is 13.4. The van der Waals surface area contributed by atoms with Crippen molar-refractivity contribution < 1.29 is 27.8 Å². The number of aryl methyl sites for hydroxylation is 1. The van der Waals surface area contributed by atoms with Crippen molar-refractivity contribution in [1.82, 2.24) is 9.21 Å². The summed E-state index contributed by atoms with van der Waals surface area (Å²) in [5, 5.41) is 0. The highest BCUT2D eigenvalue weighted by molar-refractivity contribution is 7.78. The first kappa shape index (κ1) is 32.7. The molecule has 0 N–H and O–H groups in total. The normalized spacial score (nSPS) is 17.2. The fraction of sp³-hybridized carbons (Fsp3) is 0.0270. The smallest absolute Gasteiger partial charge is 0.440 e. The van der Waals surface area contributed by atoms with Gasteiger partial charge in [-0.2, -0.15) is 0 Å². The second-order valence-corrected chi connectivity index (χ2v) is 16.0. The molecule has 1 aliphatic heterocycles. The van der Waals surface area contributed by atoms with Crippen LogP contribution in [0.5, 0.6) is 34.5 Å². The van der Waals surface area contributed by atoms with Gasteiger partial charge in [0.2, 0.25) is 0 Å². The molecule has 7 rings (SSSR count). The number of para-hydroxylation sites is 5. The van der Waals surface area contributed by atoms with Crippen molar-refractivity contribution in [3.8, 4) is 34.5 Å². The van der Waals surface area contributed by atoms with Crippen LogP contribution in [-0.4, -0.2) is 9.21 Å². The topological polar surface area (TPSA) is 74.2 Å². The third-order valence-electron chi connectivity index (χ3n) is 6.78. The van der Waals surface area contributed by atoms with Gasteiger partial charge in [0.1, 0.15) is 34.5 Å². The van der Waals surface area contributed by atoms with E-state index in [2.05, 4.69) is 0 Å². The maximum absolute atomic E-state index is 6.90. The molecule has 246 valence electrons. The molecule has 2 atom stereocenters. The first-order chi connectivity index (χ1) is 24.1. The van der Waals surface area contributed by atoms with Crippen molar-refractivity contribution in [3.05, 3.63) is 181 Å². The zero-order chi connectivity index (χ0) is 33.3. The summed E-state index contributed by atoms with van der Waals surface area (Å²) < 4.78 is 35.8. The first-order valence-electron chi connectivity index (χ1n) is 15.4. The van der Waals surface area contributed by atoms with E-state index in [4.69, 9.17) is 32.3 Å². The minimum absolute atomic E-state index is 0.523. The van der Waals surface area contributed by atoms with Crippen molar-refractivity contribution in [1.29, 1.82) is 0 Å². The van der Waals surface area contributed by atoms with Gasteiger partial charge in [0, 0.05) is 9.21 Å². The number of rotatable bonds is 12. The van der Waals surface area contributed by atoms with Gasteiger partial charge in [0.25, 0.3) is 0 Å². The Morgan fingerprint density at radius 2 is 0.857 bits per heavy atom. The van der Waals surface area contributed by atoms with Crippen LogP contribution in [0.15, 0.2) is 180 Å². The van der Waals surface area contributed by atoms with Gasteiger partial charge in [0.15, 0.2) is 0 Å². The molecule has 1 aliphatic rings. The predicted octanol–water partition coefficient (Wildman–Crippen LogP) is 11.6. The van der Waals surface area contributed by atoms with E-state index in [9.17, 15) is 0 Å². The third-order valence-corrected chi connectivity index (χ3v) is 13.6. The lowest BCUT2D eigenvalue weighted by Crippen LogP contribution is -2.37. The molecule has 0 saturated heterocycles. The molecule has 0 fully saturated rings. The van der Waals surface area contributed by atoms with E-state index in [1.807, 2.05) is 183 Å². The Bertz CT molecular complexity index is 1920. The number of hydrogen-bond acceptors (Lipinski definition) is 9. The molecule has 49 heavy (non-hydrogen) atoms. The second kappa shape index (κ2) is 15.6. The maximum Gasteiger partial charge on any atom is 0.447 e. The number of benzene rings is 6. The van der Waals surface area contributed by atoms with Crippen LogP contribution in [0, 0.1) is 6.92 Å². The monoisotopic (exact) mass is 707 g/mol. The fourth-order valence-corrected chi connectivity index (χ4v) is 11.9. The zero-order valence-corrected chi connectivity index (χ0v) is 29.1. The van der Waals surface area contributed by atoms with Crippen molar-refractivity contribution in [2.24, 2.45) is 4.52 Å². The van der Waals surface area contributed by atoms with Gasteiger partial charge in [-0.25, -0.2) is 0 Å². The molecular weight excluding hydrogens is 675 g/mol. The molecule has 2 unspecified atom stereocenters. The van der Waals surface area contributed by atoms with Gasteiger partial charge in [0.05, 0.1) is 0 Å². The Kier molecular flexibility index (Phi) is 10.4. The van der Waals surface area contributed by atoms with Crippen molar-refractivity contribution in [2.45, 2.75) is 6.92 Å². The molecule has 0 bridgehead atoms. The van der Waals surface area contributed by atoms with Crippen LogP contribution in [0.4, 0.5) is 0 Å². The van der Waals surface area contributed by atoms with Crippen molar-refractivity contribution in [3.63, 3.8) is 0 Å². The van der Waals surface area contributed by atoms with Gasteiger partial charge in [-0.05, 0) is 79.7 Å². The summed E-state index contributed by atoms with van der Waals surface area (Å²) >= 11 is 0. The van der Waals surface area contributed by atoms with Crippen LogP contribution < -0.4 is 27.8 Å². The summed E-state index contributed by atoms with van der Waals surface area (Å²) in [6.45, 7) is 2.02. The average Bonchev–Trinajstić information content (AvgIpc) is 3.14. The lowest BCUT2D eigenvalue weighted by atomic mass is 10.2. The van der Waals surface area contributed by atoms with Crippen molar-refractivity contribution in [2.75, 3.05) is 0 Å². The number of nitrogens with zero attached hydrogens (tertiary/aromatic N) is 3. The van der Waals surface area contributed by atoms with Gasteiger partial charge in [-0.3, -0.25) is 0 Å². The Morgan fingerprint density at radius 3 is 1.35 bits per heavy atom. The lowest BCUT2D eigenvalue weighted by Gasteiger charge is -2.43. The molecule has 1 heterocycles. The maximum atomic E-state index is 6.90. The van der Waals surface area contributed by atoms with Crippen LogP contribution in [0.25, 0.3) is 0 Å². The summed E-state index contributed by atoms with van der Waals surface area (Å²) in [5.74, 6) is 3.28. The molecule has 9 nitrogen and oxygen atoms in total. The summed E-state index contributed by atoms with van der Waals surface area (Å²) in [7, 11) is -7.88. The molecule has 0 aliphatic carbocycles. The predicted molar refractivity (Wildman–Crippen MR) is 194 cm³/mol. The molecule has 6 aromatic rings. The Hall–Kier alpha value is -4.87. The van der Waals surface area contributed by atoms with Gasteiger partial charge in [-0.15, -0.1) is 4.52 Å². The highest BCUT2D eigenvalue weighted by atomic mass is 31.3. The lowest BCUT2D eigenvalue weighted by molar-refractivity contribution is 0.0545. The quantitative estimate of drug-likeness (QED) is 0.116. The summed E-state index contributed by atoms with van der Waals surface area (Å²) in [6, 6.07) is 54.8. The van der Waals surface area contributed by atoms with E-state index < -0.39 is 24.6 Å². The molecule has 12 heteroatoms. The van der Waals surface area contributed by atoms with E-state index >= 15 is 0 Å². The third kappa shape index (κ3) is 8.23. The molecule has 0 aromatic heterocycles. The molecule has 0 radical (unpaired) electrons. The second-order valence-electron chi connectivity index (χ2n) is 10.5. The van der Waals surface area contributed by atoms with Crippen LogP contribution in [0.2, 0.25) is 0 Å². The van der Waals surface area contributed by atoms with Crippen molar-refractivity contribution >= 4 is 24.6 Å². The molecule has 6 aromatic carbocycles. The summed E-state index contributed by atoms with van der Waals surface area (Å²) in [6.07, 6.45) is 0. The molecule has 0 amide bonds. The van der Waals surface area contributed by atoms with E-state index in [1.165, 1.54) is 0 Å². The highest BCUT2D eigenvalue weighted by Gasteiger charge is 2.58. The van der Waals surface area contributed by atoms with E-state index in [-0.39, 0.29) is 0 Å². The Morgan fingerprint density at radius 1 is 0.449 bits per heavy atom. The van der Waals surface area contributed by atoms with E-state index in [1.54, 1.807) is 9.21 Å². The zero-order valence-electron chi connectivity index (χ0n) is 26.4. The Labute approximate surface area is 288 Å². The van der Waals surface area contributed by atoms with Gasteiger partial charge in [-0.1, -0.05) is 109 Å². The van der Waals surface area contributed by atoms with Gasteiger partial charge >= 0.3 is 24.6 Å². The van der Waals surface area contributed by atoms with E-state index in [0.717, 1.165) is 5.56 Å². The van der Waals surface area contributed by atoms with Crippen LogP contribution in [-0.2, 0) is 0 Å². The highest BCUT2D eigenvalue weighted by Crippen LogP contribution is 2.77. The summed E-state index contributed by atoms with van der Waals surface area (Å²) in [5.41, 5.74) is 1.08. The van der Waals surface area contributed by atoms with Crippen LogP contribution in [0.1, 0.15) is 5.56 Å². The van der Waals surface area contributed by atoms with Crippen LogP contribution in [0.3, 0.4) is 0 Å². The standard InChI is InChI=1S/C37H32N3O6P3/c1-31-27-29-33(30-28-31)42-40-48(44-35-21-11-4-12-22-35)39(41-32-17-7-2-8-18-32)47(43-34-19-9-3-10-20-34)38-49(40,45-36-23-13-5-14-24-36)46-37-25-15-6-16-26-37/h2-30H,1H3. The average molecular weight is 708 g/mol.